The Morgan fingerprint density at radius 2 is 2.19 bits per heavy atom. The monoisotopic (exact) mass is 244 g/mol. The minimum absolute atomic E-state index is 0.213. The van der Waals surface area contributed by atoms with E-state index in [0.717, 1.165) is 11.3 Å². The third-order valence-electron chi connectivity index (χ3n) is 1.69. The lowest BCUT2D eigenvalue weighted by Crippen LogP contribution is -2.33. The highest BCUT2D eigenvalue weighted by molar-refractivity contribution is 7.17. The summed E-state index contributed by atoms with van der Waals surface area (Å²) in [5, 5.41) is 14.6. The number of nitrogens with two attached hydrogens (primary N) is 1. The van der Waals surface area contributed by atoms with Crippen molar-refractivity contribution in [3.63, 3.8) is 0 Å². The highest BCUT2D eigenvalue weighted by Gasteiger charge is 2.13. The number of carbonyl (C=O) groups excluding carboxylic acids is 1. The Morgan fingerprint density at radius 3 is 2.69 bits per heavy atom. The van der Waals surface area contributed by atoms with Crippen LogP contribution in [0.5, 0.6) is 0 Å². The molecule has 0 aliphatic carbocycles. The first kappa shape index (κ1) is 12.2. The van der Waals surface area contributed by atoms with E-state index in [9.17, 15) is 9.59 Å². The van der Waals surface area contributed by atoms with Crippen molar-refractivity contribution < 1.29 is 14.7 Å². The SMILES string of the molecule is Cc1nc(NCCNC(N)=O)sc1C(=O)O. The van der Waals surface area contributed by atoms with Crippen LogP contribution in [0.1, 0.15) is 15.4 Å². The van der Waals surface area contributed by atoms with Crippen LogP contribution in [-0.4, -0.2) is 35.2 Å². The summed E-state index contributed by atoms with van der Waals surface area (Å²) in [4.78, 5) is 25.3. The Hall–Kier alpha value is -1.83. The van der Waals surface area contributed by atoms with Crippen LogP contribution in [0.4, 0.5) is 9.93 Å². The van der Waals surface area contributed by atoms with Crippen LogP contribution < -0.4 is 16.4 Å². The lowest BCUT2D eigenvalue weighted by Gasteiger charge is -2.02. The van der Waals surface area contributed by atoms with Gasteiger partial charge < -0.3 is 21.5 Å². The summed E-state index contributed by atoms with van der Waals surface area (Å²) in [5.74, 6) is -0.988. The van der Waals surface area contributed by atoms with Gasteiger partial charge in [0.15, 0.2) is 5.13 Å². The van der Waals surface area contributed by atoms with Gasteiger partial charge >= 0.3 is 12.0 Å². The standard InChI is InChI=1S/C8H12N4O3S/c1-4-5(6(13)14)16-8(12-4)11-3-2-10-7(9)15/h2-3H2,1H3,(H,11,12)(H,13,14)(H3,9,10,15). The number of aromatic nitrogens is 1. The minimum atomic E-state index is -0.988. The zero-order valence-electron chi connectivity index (χ0n) is 8.61. The van der Waals surface area contributed by atoms with E-state index in [1.807, 2.05) is 0 Å². The van der Waals surface area contributed by atoms with Gasteiger partial charge in [-0.1, -0.05) is 11.3 Å². The maximum absolute atomic E-state index is 10.7. The first-order chi connectivity index (χ1) is 7.50. The molecule has 16 heavy (non-hydrogen) atoms. The number of aromatic carboxylic acids is 1. The molecule has 0 aromatic carbocycles. The molecule has 1 aromatic rings. The van der Waals surface area contributed by atoms with Crippen LogP contribution in [0.3, 0.4) is 0 Å². The van der Waals surface area contributed by atoms with Gasteiger partial charge in [-0.15, -0.1) is 0 Å². The second kappa shape index (κ2) is 5.31. The number of nitrogens with zero attached hydrogens (tertiary/aromatic N) is 1. The molecule has 0 aliphatic heterocycles. The molecule has 1 rings (SSSR count). The van der Waals surface area contributed by atoms with E-state index in [-0.39, 0.29) is 4.88 Å². The molecule has 1 aromatic heterocycles. The predicted octanol–water partition coefficient (Wildman–Crippen LogP) is 0.230. The molecule has 0 atom stereocenters. The molecule has 1 heterocycles. The van der Waals surface area contributed by atoms with E-state index in [2.05, 4.69) is 15.6 Å². The van der Waals surface area contributed by atoms with Gasteiger partial charge in [0.2, 0.25) is 0 Å². The molecule has 5 N–H and O–H groups in total. The van der Waals surface area contributed by atoms with Crippen molar-refractivity contribution >= 4 is 28.5 Å². The molecule has 0 saturated carbocycles. The molecular formula is C8H12N4O3S. The smallest absolute Gasteiger partial charge is 0.347 e. The molecule has 0 spiro atoms. The molecule has 0 fully saturated rings. The van der Waals surface area contributed by atoms with E-state index >= 15 is 0 Å². The van der Waals surface area contributed by atoms with E-state index in [1.165, 1.54) is 0 Å². The van der Waals surface area contributed by atoms with E-state index in [4.69, 9.17) is 10.8 Å². The van der Waals surface area contributed by atoms with Gasteiger partial charge in [-0.2, -0.15) is 0 Å². The number of anilines is 1. The van der Waals surface area contributed by atoms with E-state index in [0.29, 0.717) is 23.9 Å². The van der Waals surface area contributed by atoms with Gasteiger partial charge in [0.05, 0.1) is 5.69 Å². The molecule has 7 nitrogen and oxygen atoms in total. The number of carboxylic acid groups (broad SMARTS) is 1. The summed E-state index contributed by atoms with van der Waals surface area (Å²) >= 11 is 1.06. The number of rotatable bonds is 5. The van der Waals surface area contributed by atoms with Gasteiger partial charge in [0, 0.05) is 13.1 Å². The molecule has 88 valence electrons. The fourth-order valence-electron chi connectivity index (χ4n) is 1.03. The van der Waals surface area contributed by atoms with Crippen molar-refractivity contribution in [2.24, 2.45) is 5.73 Å². The summed E-state index contributed by atoms with van der Waals surface area (Å²) in [6, 6.07) is -0.594. The van der Waals surface area contributed by atoms with Crippen molar-refractivity contribution in [2.75, 3.05) is 18.4 Å². The molecule has 2 amide bonds. The molecule has 0 aliphatic rings. The number of nitrogens with one attached hydrogen (secondary N) is 2. The summed E-state index contributed by atoms with van der Waals surface area (Å²) in [6.45, 7) is 2.43. The number of hydrogen-bond donors (Lipinski definition) is 4. The van der Waals surface area contributed by atoms with Crippen LogP contribution >= 0.6 is 11.3 Å². The summed E-state index contributed by atoms with van der Waals surface area (Å²) in [6.07, 6.45) is 0. The van der Waals surface area contributed by atoms with Crippen molar-refractivity contribution in [3.8, 4) is 0 Å². The highest BCUT2D eigenvalue weighted by atomic mass is 32.1. The highest BCUT2D eigenvalue weighted by Crippen LogP contribution is 2.21. The maximum Gasteiger partial charge on any atom is 0.347 e. The molecule has 0 bridgehead atoms. The van der Waals surface area contributed by atoms with E-state index < -0.39 is 12.0 Å². The summed E-state index contributed by atoms with van der Waals surface area (Å²) in [5.41, 5.74) is 5.35. The molecular weight excluding hydrogens is 232 g/mol. The fraction of sp³-hybridized carbons (Fsp3) is 0.375. The zero-order chi connectivity index (χ0) is 12.1. The molecule has 0 unspecified atom stereocenters. The Labute approximate surface area is 95.7 Å². The third kappa shape index (κ3) is 3.39. The molecule has 0 radical (unpaired) electrons. The van der Waals surface area contributed by atoms with Crippen LogP contribution in [0.2, 0.25) is 0 Å². The second-order valence-electron chi connectivity index (χ2n) is 2.96. The van der Waals surface area contributed by atoms with Gasteiger partial charge in [0.25, 0.3) is 0 Å². The summed E-state index contributed by atoms with van der Waals surface area (Å²) in [7, 11) is 0. The van der Waals surface area contributed by atoms with Crippen molar-refractivity contribution in [1.82, 2.24) is 10.3 Å². The van der Waals surface area contributed by atoms with Crippen molar-refractivity contribution in [2.45, 2.75) is 6.92 Å². The van der Waals surface area contributed by atoms with Crippen molar-refractivity contribution in [1.29, 1.82) is 0 Å². The number of amides is 2. The van der Waals surface area contributed by atoms with Gasteiger partial charge in [-0.25, -0.2) is 14.6 Å². The zero-order valence-corrected chi connectivity index (χ0v) is 9.43. The number of primary amides is 1. The average Bonchev–Trinajstić information content (AvgIpc) is 2.54. The first-order valence-corrected chi connectivity index (χ1v) is 5.30. The second-order valence-corrected chi connectivity index (χ2v) is 3.96. The van der Waals surface area contributed by atoms with Crippen LogP contribution in [-0.2, 0) is 0 Å². The quantitative estimate of drug-likeness (QED) is 0.553. The van der Waals surface area contributed by atoms with Gasteiger partial charge in [-0.05, 0) is 6.92 Å². The van der Waals surface area contributed by atoms with Crippen molar-refractivity contribution in [3.05, 3.63) is 10.6 Å². The number of aryl methyl sites for hydroxylation is 1. The number of urea groups is 1. The Morgan fingerprint density at radius 1 is 1.50 bits per heavy atom. The van der Waals surface area contributed by atoms with Crippen LogP contribution in [0, 0.1) is 6.92 Å². The molecule has 0 saturated heterocycles. The number of thiazole rings is 1. The summed E-state index contributed by atoms with van der Waals surface area (Å²) < 4.78 is 0. The normalized spacial score (nSPS) is 9.81. The molecule has 8 heteroatoms. The average molecular weight is 244 g/mol. The minimum Gasteiger partial charge on any atom is -0.477 e. The fourth-order valence-corrected chi connectivity index (χ4v) is 1.86. The Kier molecular flexibility index (Phi) is 4.06. The Balaban J connectivity index is 2.46. The van der Waals surface area contributed by atoms with Gasteiger partial charge in [-0.3, -0.25) is 0 Å². The topological polar surface area (TPSA) is 117 Å². The largest absolute Gasteiger partial charge is 0.477 e. The lowest BCUT2D eigenvalue weighted by atomic mass is 10.4. The number of carboxylic acids is 1. The third-order valence-corrected chi connectivity index (χ3v) is 2.79. The van der Waals surface area contributed by atoms with Gasteiger partial charge in [0.1, 0.15) is 4.88 Å². The maximum atomic E-state index is 10.7. The number of carbonyl (C=O) groups is 2. The van der Waals surface area contributed by atoms with Crippen LogP contribution in [0.15, 0.2) is 0 Å². The van der Waals surface area contributed by atoms with Crippen LogP contribution in [0.25, 0.3) is 0 Å². The predicted molar refractivity (Wildman–Crippen MR) is 59.9 cm³/mol. The lowest BCUT2D eigenvalue weighted by molar-refractivity contribution is 0.0701. The Bertz CT molecular complexity index is 404. The van der Waals surface area contributed by atoms with E-state index in [1.54, 1.807) is 6.92 Å². The first-order valence-electron chi connectivity index (χ1n) is 4.48. The number of hydrogen-bond acceptors (Lipinski definition) is 5.